The van der Waals surface area contributed by atoms with E-state index in [4.69, 9.17) is 9.15 Å². The van der Waals surface area contributed by atoms with Crippen molar-refractivity contribution in [1.82, 2.24) is 5.32 Å². The minimum atomic E-state index is -4.86. The lowest BCUT2D eigenvalue weighted by Gasteiger charge is -2.28. The molecule has 5 aromatic rings. The van der Waals surface area contributed by atoms with Crippen LogP contribution in [0.1, 0.15) is 66.4 Å². The van der Waals surface area contributed by atoms with E-state index >= 15 is 0 Å². The largest absolute Gasteiger partial charge is 0.573 e. The van der Waals surface area contributed by atoms with Gasteiger partial charge in [0, 0.05) is 28.7 Å². The van der Waals surface area contributed by atoms with Gasteiger partial charge in [-0.2, -0.15) is 0 Å². The predicted molar refractivity (Wildman–Crippen MR) is 184 cm³/mol. The minimum absolute atomic E-state index is 0.0441. The van der Waals surface area contributed by atoms with Crippen LogP contribution in [-0.2, 0) is 14.3 Å². The number of fused-ring (bicyclic) bond motifs is 1. The minimum Gasteiger partial charge on any atom is -0.466 e. The van der Waals surface area contributed by atoms with Crippen molar-refractivity contribution in [2.45, 2.75) is 51.3 Å². The smallest absolute Gasteiger partial charge is 0.466 e. The summed E-state index contributed by atoms with van der Waals surface area (Å²) < 4.78 is 53.6. The first kappa shape index (κ1) is 35.7. The van der Waals surface area contributed by atoms with E-state index in [2.05, 4.69) is 15.4 Å². The van der Waals surface area contributed by atoms with E-state index < -0.39 is 29.9 Å². The number of halogens is 3. The number of ether oxygens (including phenoxy) is 2. The van der Waals surface area contributed by atoms with Crippen molar-refractivity contribution >= 4 is 34.4 Å². The SMILES string of the molecule is CCC[C@@H](c1ccc(C(=O)NCCC(=O)OCC)cc1)[C@H](C(=O)Nc1ccc(-c2cc3ccccc3o2)cc1)c1ccc(OC(F)(F)F)cc1. The van der Waals surface area contributed by atoms with Crippen LogP contribution in [0.3, 0.4) is 0 Å². The number of carbonyl (C=O) groups excluding carboxylic acids is 3. The Bertz CT molecular complexity index is 1870. The third-order valence-electron chi connectivity index (χ3n) is 8.14. The molecule has 1 heterocycles. The number of alkyl halides is 3. The Morgan fingerprint density at radius 1 is 0.840 bits per heavy atom. The van der Waals surface area contributed by atoms with E-state index in [9.17, 15) is 27.6 Å². The summed E-state index contributed by atoms with van der Waals surface area (Å²) in [6.07, 6.45) is -3.55. The number of furan rings is 1. The van der Waals surface area contributed by atoms with Gasteiger partial charge in [0.1, 0.15) is 17.1 Å². The standard InChI is InChI=1S/C39H37F3N2O6/c1-3-7-32(25-10-12-28(13-11-25)37(46)43-23-22-35(45)48-4-2)36(27-16-20-31(21-17-27)50-39(40,41)42)38(47)44-30-18-14-26(15-19-30)34-24-29-8-5-6-9-33(29)49-34/h5-6,8-21,24,32,36H,3-4,7,22-23H2,1-2H3,(H,43,46)(H,44,47)/t32-,36+/m0/s1. The number of amides is 2. The average molecular weight is 687 g/mol. The van der Waals surface area contributed by atoms with E-state index in [1.165, 1.54) is 24.3 Å². The first-order valence-corrected chi connectivity index (χ1v) is 16.3. The summed E-state index contributed by atoms with van der Waals surface area (Å²) in [5, 5.41) is 6.66. The fraction of sp³-hybridized carbons (Fsp3) is 0.256. The molecule has 0 fully saturated rings. The normalized spacial score (nSPS) is 12.6. The molecule has 0 bridgehead atoms. The number of para-hydroxylation sites is 1. The van der Waals surface area contributed by atoms with Gasteiger partial charge in [0.05, 0.1) is 18.9 Å². The topological polar surface area (TPSA) is 107 Å². The highest BCUT2D eigenvalue weighted by molar-refractivity contribution is 5.97. The number of rotatable bonds is 14. The van der Waals surface area contributed by atoms with Crippen molar-refractivity contribution in [2.24, 2.45) is 0 Å². The van der Waals surface area contributed by atoms with Gasteiger partial charge in [-0.25, -0.2) is 0 Å². The zero-order valence-corrected chi connectivity index (χ0v) is 27.6. The maximum Gasteiger partial charge on any atom is 0.573 e. The van der Waals surface area contributed by atoms with Crippen LogP contribution < -0.4 is 15.4 Å². The Morgan fingerprint density at radius 2 is 1.52 bits per heavy atom. The molecule has 0 saturated carbocycles. The summed E-state index contributed by atoms with van der Waals surface area (Å²) >= 11 is 0. The van der Waals surface area contributed by atoms with Crippen molar-refractivity contribution in [2.75, 3.05) is 18.5 Å². The molecule has 0 saturated heterocycles. The zero-order valence-electron chi connectivity index (χ0n) is 27.6. The van der Waals surface area contributed by atoms with E-state index in [-0.39, 0.29) is 31.4 Å². The molecule has 0 aliphatic rings. The lowest BCUT2D eigenvalue weighted by Crippen LogP contribution is -2.27. The van der Waals surface area contributed by atoms with Crippen molar-refractivity contribution in [3.8, 4) is 17.1 Å². The van der Waals surface area contributed by atoms with Crippen molar-refractivity contribution in [3.63, 3.8) is 0 Å². The fourth-order valence-corrected chi connectivity index (χ4v) is 5.84. The molecule has 0 radical (unpaired) electrons. The summed E-state index contributed by atoms with van der Waals surface area (Å²) in [5.74, 6) is -2.05. The lowest BCUT2D eigenvalue weighted by molar-refractivity contribution is -0.274. The molecule has 2 amide bonds. The van der Waals surface area contributed by atoms with Crippen LogP contribution in [0.2, 0.25) is 0 Å². The number of anilines is 1. The molecule has 0 aliphatic heterocycles. The molecule has 2 atom stereocenters. The molecule has 11 heteroatoms. The predicted octanol–water partition coefficient (Wildman–Crippen LogP) is 8.99. The Labute approximate surface area is 287 Å². The van der Waals surface area contributed by atoms with Gasteiger partial charge in [-0.1, -0.05) is 55.8 Å². The average Bonchev–Trinajstić information content (AvgIpc) is 3.53. The fourth-order valence-electron chi connectivity index (χ4n) is 5.84. The molecule has 0 aliphatic carbocycles. The van der Waals surface area contributed by atoms with Crippen LogP contribution in [0.25, 0.3) is 22.3 Å². The van der Waals surface area contributed by atoms with Gasteiger partial charge in [0.2, 0.25) is 5.91 Å². The molecule has 0 unspecified atom stereocenters. The number of nitrogens with one attached hydrogen (secondary N) is 2. The third kappa shape index (κ3) is 9.31. The highest BCUT2D eigenvalue weighted by Crippen LogP contribution is 2.39. The van der Waals surface area contributed by atoms with Gasteiger partial charge >= 0.3 is 12.3 Å². The van der Waals surface area contributed by atoms with Crippen molar-refractivity contribution < 1.29 is 41.4 Å². The lowest BCUT2D eigenvalue weighted by atomic mass is 9.78. The van der Waals surface area contributed by atoms with Gasteiger partial charge in [-0.15, -0.1) is 13.2 Å². The molecule has 5 rings (SSSR count). The molecule has 0 spiro atoms. The first-order valence-electron chi connectivity index (χ1n) is 16.3. The summed E-state index contributed by atoms with van der Waals surface area (Å²) in [6, 6.07) is 29.0. The van der Waals surface area contributed by atoms with Crippen LogP contribution >= 0.6 is 0 Å². The maximum atomic E-state index is 14.1. The first-order chi connectivity index (χ1) is 24.0. The highest BCUT2D eigenvalue weighted by atomic mass is 19.4. The Hall–Kier alpha value is -5.58. The second-order valence-corrected chi connectivity index (χ2v) is 11.6. The number of esters is 1. The zero-order chi connectivity index (χ0) is 35.7. The van der Waals surface area contributed by atoms with Crippen molar-refractivity contribution in [3.05, 3.63) is 120 Å². The monoisotopic (exact) mass is 686 g/mol. The van der Waals surface area contributed by atoms with E-state index in [1.807, 2.05) is 49.4 Å². The van der Waals surface area contributed by atoms with Crippen LogP contribution in [0.5, 0.6) is 5.75 Å². The summed E-state index contributed by atoms with van der Waals surface area (Å²) in [6.45, 7) is 4.06. The Morgan fingerprint density at radius 3 is 2.16 bits per heavy atom. The highest BCUT2D eigenvalue weighted by Gasteiger charge is 2.33. The van der Waals surface area contributed by atoms with E-state index in [0.717, 1.165) is 22.1 Å². The molecule has 50 heavy (non-hydrogen) atoms. The molecule has 8 nitrogen and oxygen atoms in total. The van der Waals surface area contributed by atoms with Gasteiger partial charge < -0.3 is 24.5 Å². The molecular formula is C39H37F3N2O6. The second-order valence-electron chi connectivity index (χ2n) is 11.6. The van der Waals surface area contributed by atoms with Crippen LogP contribution in [0, 0.1) is 0 Å². The van der Waals surface area contributed by atoms with Crippen molar-refractivity contribution in [1.29, 1.82) is 0 Å². The van der Waals surface area contributed by atoms with Crippen LogP contribution in [-0.4, -0.2) is 37.3 Å². The van der Waals surface area contributed by atoms with Gasteiger partial charge in [-0.05, 0) is 91.1 Å². The summed E-state index contributed by atoms with van der Waals surface area (Å²) in [4.78, 5) is 38.5. The quantitative estimate of drug-likeness (QED) is 0.113. The molecule has 4 aromatic carbocycles. The second kappa shape index (κ2) is 16.2. The number of carbonyl (C=O) groups is 3. The summed E-state index contributed by atoms with van der Waals surface area (Å²) in [7, 11) is 0. The molecule has 260 valence electrons. The Kier molecular flexibility index (Phi) is 11.6. The van der Waals surface area contributed by atoms with E-state index in [0.29, 0.717) is 35.4 Å². The summed E-state index contributed by atoms with van der Waals surface area (Å²) in [5.41, 5.74) is 3.75. The van der Waals surface area contributed by atoms with Crippen LogP contribution in [0.4, 0.5) is 18.9 Å². The van der Waals surface area contributed by atoms with Gasteiger partial charge in [0.15, 0.2) is 0 Å². The van der Waals surface area contributed by atoms with Gasteiger partial charge in [0.25, 0.3) is 5.91 Å². The van der Waals surface area contributed by atoms with Crippen LogP contribution in [0.15, 0.2) is 108 Å². The van der Waals surface area contributed by atoms with E-state index in [1.54, 1.807) is 43.3 Å². The Balaban J connectivity index is 1.39. The number of hydrogen-bond acceptors (Lipinski definition) is 6. The number of benzene rings is 4. The molecular weight excluding hydrogens is 649 g/mol. The maximum absolute atomic E-state index is 14.1. The third-order valence-corrected chi connectivity index (χ3v) is 8.14. The van der Waals surface area contributed by atoms with Gasteiger partial charge in [-0.3, -0.25) is 14.4 Å². The molecule has 1 aromatic heterocycles. The molecule has 2 N–H and O–H groups in total. The number of hydrogen-bond donors (Lipinski definition) is 2.